The van der Waals surface area contributed by atoms with Crippen LogP contribution in [0.4, 0.5) is 0 Å². The predicted octanol–water partition coefficient (Wildman–Crippen LogP) is 3.65. The number of hydrogen-bond donors (Lipinski definition) is 0. The van der Waals surface area contributed by atoms with Crippen LogP contribution in [0.3, 0.4) is 0 Å². The molecule has 0 atom stereocenters. The summed E-state index contributed by atoms with van der Waals surface area (Å²) in [5.41, 5.74) is 4.12. The van der Waals surface area contributed by atoms with Crippen molar-refractivity contribution in [3.63, 3.8) is 0 Å². The molecule has 0 spiro atoms. The Morgan fingerprint density at radius 1 is 0.650 bits per heavy atom. The molecule has 0 N–H and O–H groups in total. The summed E-state index contributed by atoms with van der Waals surface area (Å²) in [6.45, 7) is 0. The molecular formula is C17H10N3. The lowest BCUT2D eigenvalue weighted by Gasteiger charge is -2.03. The summed E-state index contributed by atoms with van der Waals surface area (Å²) in [4.78, 5) is 13.5. The summed E-state index contributed by atoms with van der Waals surface area (Å²) < 4.78 is 0. The van der Waals surface area contributed by atoms with Crippen molar-refractivity contribution in [3.8, 4) is 11.4 Å². The Kier molecular flexibility index (Phi) is 2.42. The number of benzene rings is 2. The molecule has 2 aromatic heterocycles. The first-order chi connectivity index (χ1) is 9.90. The molecule has 0 aliphatic rings. The highest BCUT2D eigenvalue weighted by atomic mass is 14.8. The van der Waals surface area contributed by atoms with Gasteiger partial charge in [0.2, 0.25) is 0 Å². The van der Waals surface area contributed by atoms with Crippen molar-refractivity contribution >= 4 is 21.9 Å². The van der Waals surface area contributed by atoms with Crippen LogP contribution in [0.5, 0.6) is 0 Å². The highest BCUT2D eigenvalue weighted by molar-refractivity contribution is 5.82. The highest BCUT2D eigenvalue weighted by Crippen LogP contribution is 2.20. The van der Waals surface area contributed by atoms with Crippen LogP contribution in [0.25, 0.3) is 33.3 Å². The minimum atomic E-state index is 0.675. The maximum atomic E-state index is 4.62. The highest BCUT2D eigenvalue weighted by Gasteiger charge is 2.05. The van der Waals surface area contributed by atoms with E-state index in [2.05, 4.69) is 21.1 Å². The maximum Gasteiger partial charge on any atom is 0.120 e. The SMILES string of the molecule is [c]1nc2ccccc2nc1-c1ccc2ccccc2n1. The van der Waals surface area contributed by atoms with E-state index in [1.54, 1.807) is 0 Å². The third-order valence-corrected chi connectivity index (χ3v) is 3.24. The number of hydrogen-bond acceptors (Lipinski definition) is 3. The second kappa shape index (κ2) is 4.38. The van der Waals surface area contributed by atoms with Crippen molar-refractivity contribution < 1.29 is 0 Å². The number of para-hydroxylation sites is 3. The van der Waals surface area contributed by atoms with E-state index < -0.39 is 0 Å². The van der Waals surface area contributed by atoms with Gasteiger partial charge in [-0.15, -0.1) is 0 Å². The quantitative estimate of drug-likeness (QED) is 0.522. The number of aromatic nitrogens is 3. The van der Waals surface area contributed by atoms with Crippen LogP contribution in [0.15, 0.2) is 60.7 Å². The Balaban J connectivity index is 1.91. The molecule has 1 radical (unpaired) electrons. The zero-order valence-electron chi connectivity index (χ0n) is 10.6. The summed E-state index contributed by atoms with van der Waals surface area (Å²) in [5.74, 6) is 0. The van der Waals surface area contributed by atoms with Crippen molar-refractivity contribution in [2.75, 3.05) is 0 Å². The molecule has 2 aromatic carbocycles. The predicted molar refractivity (Wildman–Crippen MR) is 79.1 cm³/mol. The van der Waals surface area contributed by atoms with E-state index in [-0.39, 0.29) is 0 Å². The van der Waals surface area contributed by atoms with Gasteiger partial charge in [-0.1, -0.05) is 36.4 Å². The van der Waals surface area contributed by atoms with Gasteiger partial charge in [0.15, 0.2) is 0 Å². The molecule has 0 unspecified atom stereocenters. The van der Waals surface area contributed by atoms with Gasteiger partial charge < -0.3 is 0 Å². The second-order valence-electron chi connectivity index (χ2n) is 4.56. The molecule has 0 aliphatic heterocycles. The van der Waals surface area contributed by atoms with E-state index in [4.69, 9.17) is 0 Å². The van der Waals surface area contributed by atoms with Crippen LogP contribution in [0.1, 0.15) is 0 Å². The Hall–Kier alpha value is -2.81. The molecule has 2 heterocycles. The normalized spacial score (nSPS) is 11.0. The molecule has 4 aromatic rings. The van der Waals surface area contributed by atoms with Crippen LogP contribution >= 0.6 is 0 Å². The Morgan fingerprint density at radius 2 is 1.40 bits per heavy atom. The van der Waals surface area contributed by atoms with Gasteiger partial charge in [-0.25, -0.2) is 15.0 Å². The van der Waals surface area contributed by atoms with E-state index >= 15 is 0 Å². The molecule has 93 valence electrons. The molecule has 0 saturated heterocycles. The van der Waals surface area contributed by atoms with Crippen molar-refractivity contribution in [2.24, 2.45) is 0 Å². The topological polar surface area (TPSA) is 38.7 Å². The van der Waals surface area contributed by atoms with Gasteiger partial charge in [-0.3, -0.25) is 0 Å². The van der Waals surface area contributed by atoms with E-state index in [0.29, 0.717) is 5.69 Å². The lowest BCUT2D eigenvalue weighted by Crippen LogP contribution is -1.91. The van der Waals surface area contributed by atoms with Crippen LogP contribution in [-0.4, -0.2) is 15.0 Å². The van der Waals surface area contributed by atoms with Crippen molar-refractivity contribution in [3.05, 3.63) is 66.9 Å². The Morgan fingerprint density at radius 3 is 2.30 bits per heavy atom. The zero-order chi connectivity index (χ0) is 13.4. The minimum Gasteiger partial charge on any atom is -0.246 e. The summed E-state index contributed by atoms with van der Waals surface area (Å²) in [5, 5.41) is 1.12. The van der Waals surface area contributed by atoms with Crippen LogP contribution in [0.2, 0.25) is 0 Å². The second-order valence-corrected chi connectivity index (χ2v) is 4.56. The van der Waals surface area contributed by atoms with Gasteiger partial charge in [-0.05, 0) is 24.3 Å². The van der Waals surface area contributed by atoms with Crippen molar-refractivity contribution in [1.82, 2.24) is 15.0 Å². The van der Waals surface area contributed by atoms with E-state index in [1.165, 1.54) is 0 Å². The van der Waals surface area contributed by atoms with Crippen LogP contribution < -0.4 is 0 Å². The fourth-order valence-corrected chi connectivity index (χ4v) is 2.22. The number of rotatable bonds is 1. The first kappa shape index (κ1) is 11.1. The molecule has 0 fully saturated rings. The molecule has 3 heteroatoms. The molecule has 3 nitrogen and oxygen atoms in total. The van der Waals surface area contributed by atoms with Gasteiger partial charge >= 0.3 is 0 Å². The first-order valence-electron chi connectivity index (χ1n) is 6.41. The van der Waals surface area contributed by atoms with Crippen LogP contribution in [-0.2, 0) is 0 Å². The van der Waals surface area contributed by atoms with Gasteiger partial charge in [0.25, 0.3) is 0 Å². The van der Waals surface area contributed by atoms with Crippen molar-refractivity contribution in [1.29, 1.82) is 0 Å². The lowest BCUT2D eigenvalue weighted by atomic mass is 10.2. The Labute approximate surface area is 116 Å². The number of pyridine rings is 1. The maximum absolute atomic E-state index is 4.62. The van der Waals surface area contributed by atoms with Gasteiger partial charge in [-0.2, -0.15) is 0 Å². The Bertz CT molecular complexity index is 838. The first-order valence-corrected chi connectivity index (χ1v) is 6.41. The van der Waals surface area contributed by atoms with Crippen LogP contribution in [0, 0.1) is 6.20 Å². The van der Waals surface area contributed by atoms with Crippen molar-refractivity contribution in [2.45, 2.75) is 0 Å². The monoisotopic (exact) mass is 256 g/mol. The standard InChI is InChI=1S/C17H10N3/c1-2-6-13-12(5-1)9-10-16(19-13)17-11-18-14-7-3-4-8-15(14)20-17/h1-10H. The number of fused-ring (bicyclic) bond motifs is 2. The van der Waals surface area contributed by atoms with E-state index in [9.17, 15) is 0 Å². The average Bonchev–Trinajstić information content (AvgIpc) is 2.54. The third-order valence-electron chi connectivity index (χ3n) is 3.24. The largest absolute Gasteiger partial charge is 0.246 e. The fraction of sp³-hybridized carbons (Fsp3) is 0. The summed E-state index contributed by atoms with van der Waals surface area (Å²) in [7, 11) is 0. The van der Waals surface area contributed by atoms with Gasteiger partial charge in [0.05, 0.1) is 22.2 Å². The zero-order valence-corrected chi connectivity index (χ0v) is 10.6. The van der Waals surface area contributed by atoms with E-state index in [0.717, 1.165) is 27.6 Å². The average molecular weight is 256 g/mol. The summed E-state index contributed by atoms with van der Waals surface area (Å²) in [6.07, 6.45) is 2.97. The van der Waals surface area contributed by atoms with Gasteiger partial charge in [0, 0.05) is 5.39 Å². The molecule has 20 heavy (non-hydrogen) atoms. The molecule has 0 aliphatic carbocycles. The number of nitrogens with zero attached hydrogens (tertiary/aromatic N) is 3. The third kappa shape index (κ3) is 1.80. The molecular weight excluding hydrogens is 246 g/mol. The molecule has 0 amide bonds. The molecule has 0 bridgehead atoms. The smallest absolute Gasteiger partial charge is 0.120 e. The molecule has 4 rings (SSSR count). The summed E-state index contributed by atoms with van der Waals surface area (Å²) in [6, 6.07) is 19.8. The van der Waals surface area contributed by atoms with E-state index in [1.807, 2.05) is 60.7 Å². The lowest BCUT2D eigenvalue weighted by molar-refractivity contribution is 1.25. The fourth-order valence-electron chi connectivity index (χ4n) is 2.22. The summed E-state index contributed by atoms with van der Waals surface area (Å²) >= 11 is 0. The molecule has 0 saturated carbocycles. The minimum absolute atomic E-state index is 0.675. The van der Waals surface area contributed by atoms with Gasteiger partial charge in [0.1, 0.15) is 11.9 Å².